The zero-order chi connectivity index (χ0) is 96.6. The van der Waals surface area contributed by atoms with E-state index in [1.807, 2.05) is 0 Å². The van der Waals surface area contributed by atoms with E-state index < -0.39 is 16.2 Å². The van der Waals surface area contributed by atoms with Crippen LogP contribution >= 0.6 is 0 Å². The molecule has 704 valence electrons. The second kappa shape index (κ2) is 34.0. The number of para-hydroxylation sites is 8. The van der Waals surface area contributed by atoms with Crippen molar-refractivity contribution in [3.8, 4) is 112 Å². The summed E-state index contributed by atoms with van der Waals surface area (Å²) in [6.07, 6.45) is 7.56. The first-order valence-corrected chi connectivity index (χ1v) is 52.9. The molecule has 8 nitrogen and oxygen atoms in total. The van der Waals surface area contributed by atoms with Gasteiger partial charge in [-0.25, -0.2) is 0 Å². The molecule has 0 amide bonds. The predicted octanol–water partition coefficient (Wildman–Crippen LogP) is 33.9. The van der Waals surface area contributed by atoms with Crippen molar-refractivity contribution in [2.24, 2.45) is 0 Å². The summed E-state index contributed by atoms with van der Waals surface area (Å²) < 4.78 is 37.9. The van der Waals surface area contributed by atoms with Crippen LogP contribution in [-0.4, -0.2) is 44.7 Å². The van der Waals surface area contributed by atoms with Crippen LogP contribution in [0.2, 0.25) is 0 Å². The van der Waals surface area contributed by atoms with Crippen LogP contribution < -0.4 is 18.9 Å². The Hall–Kier alpha value is -17.2. The third-order valence-corrected chi connectivity index (χ3v) is 33.9. The van der Waals surface area contributed by atoms with E-state index in [2.05, 4.69) is 455 Å². The number of benzene rings is 20. The zero-order valence-electron chi connectivity index (χ0n) is 81.8. The SMILES string of the molecule is c1ccc2c(c1)-c1ccc(-c3ccc4c(c3)C3(c5ccccc5-c5ccccc53)c3cc(-c5ccc6c(c5)C5(c7ccccc7-6)c6ccc(OCCCCn7c8ccccc8c8ccccc87)cc6-c6cc(OCCCCn7c8ccccc8c8ccccc87)ccc65)ccc3-4)cc1C21c2ccc(OCCCCn3c4ccccc4c4ccccc43)cc2-c2cc(OCCCCn3c4ccccc4c4ccccc43)ccc21. The fourth-order valence-electron chi connectivity index (χ4n) is 27.7. The van der Waals surface area contributed by atoms with E-state index in [0.29, 0.717) is 26.4 Å². The topological polar surface area (TPSA) is 56.6 Å². The van der Waals surface area contributed by atoms with Gasteiger partial charge in [0.2, 0.25) is 0 Å². The van der Waals surface area contributed by atoms with Crippen molar-refractivity contribution in [1.29, 1.82) is 0 Å². The maximum absolute atomic E-state index is 6.97. The molecule has 20 aromatic carbocycles. The number of nitrogens with zero attached hydrogens (tertiary/aromatic N) is 4. The number of aryl methyl sites for hydroxylation is 4. The second-order valence-electron chi connectivity index (χ2n) is 41.3. The average molecular weight is 1890 g/mol. The highest BCUT2D eigenvalue weighted by Crippen LogP contribution is 2.69. The largest absolute Gasteiger partial charge is 0.494 e. The molecule has 6 aliphatic carbocycles. The van der Waals surface area contributed by atoms with Gasteiger partial charge in [-0.1, -0.05) is 315 Å². The number of fused-ring (bicyclic) bond motifs is 42. The summed E-state index contributed by atoms with van der Waals surface area (Å²) in [4.78, 5) is 0. The molecule has 0 unspecified atom stereocenters. The molecule has 24 aromatic rings. The number of rotatable bonds is 26. The van der Waals surface area contributed by atoms with Crippen LogP contribution in [0.5, 0.6) is 23.0 Å². The lowest BCUT2D eigenvalue weighted by atomic mass is 9.69. The van der Waals surface area contributed by atoms with Gasteiger partial charge in [0.25, 0.3) is 0 Å². The number of unbranched alkanes of at least 4 members (excludes halogenated alkanes) is 4. The number of ether oxygens (including phenoxy) is 4. The fourth-order valence-corrected chi connectivity index (χ4v) is 27.7. The van der Waals surface area contributed by atoms with Gasteiger partial charge < -0.3 is 37.2 Å². The smallest absolute Gasteiger partial charge is 0.119 e. The van der Waals surface area contributed by atoms with Gasteiger partial charge in [-0.05, 0) is 328 Å². The van der Waals surface area contributed by atoms with Crippen LogP contribution in [0.4, 0.5) is 0 Å². The van der Waals surface area contributed by atoms with E-state index in [4.69, 9.17) is 18.9 Å². The Morgan fingerprint density at radius 1 is 0.143 bits per heavy atom. The molecule has 0 saturated heterocycles. The minimum atomic E-state index is -0.671. The summed E-state index contributed by atoms with van der Waals surface area (Å²) in [5.74, 6) is 3.49. The molecule has 6 aliphatic rings. The summed E-state index contributed by atoms with van der Waals surface area (Å²) in [7, 11) is 0. The first-order valence-electron chi connectivity index (χ1n) is 52.9. The highest BCUT2D eigenvalue weighted by Gasteiger charge is 2.56. The highest BCUT2D eigenvalue weighted by atomic mass is 16.5. The minimum Gasteiger partial charge on any atom is -0.494 e. The predicted molar refractivity (Wildman–Crippen MR) is 603 cm³/mol. The summed E-state index contributed by atoms with van der Waals surface area (Å²) in [6.45, 7) is 6.04. The fraction of sp³-hybridized carbons (Fsp3) is 0.137. The molecule has 3 spiro atoms. The van der Waals surface area contributed by atoms with Crippen LogP contribution in [0.1, 0.15) is 118 Å². The van der Waals surface area contributed by atoms with Crippen LogP contribution in [0.3, 0.4) is 0 Å². The van der Waals surface area contributed by atoms with E-state index in [-0.39, 0.29) is 0 Å². The Morgan fingerprint density at radius 2 is 0.320 bits per heavy atom. The Balaban J connectivity index is 0.501. The van der Waals surface area contributed by atoms with Crippen molar-refractivity contribution in [2.45, 2.75) is 93.8 Å². The van der Waals surface area contributed by atoms with Crippen molar-refractivity contribution in [3.05, 3.63) is 504 Å². The van der Waals surface area contributed by atoms with Gasteiger partial charge in [0.1, 0.15) is 23.0 Å². The molecule has 0 aliphatic heterocycles. The number of hydrogen-bond acceptors (Lipinski definition) is 4. The van der Waals surface area contributed by atoms with Gasteiger partial charge in [-0.3, -0.25) is 0 Å². The van der Waals surface area contributed by atoms with Gasteiger partial charge >= 0.3 is 0 Å². The quantitative estimate of drug-likeness (QED) is 0.0507. The van der Waals surface area contributed by atoms with Crippen molar-refractivity contribution < 1.29 is 18.9 Å². The van der Waals surface area contributed by atoms with Crippen molar-refractivity contribution in [2.75, 3.05) is 26.4 Å². The number of aromatic nitrogens is 4. The summed E-state index contributed by atoms with van der Waals surface area (Å²) in [5.41, 5.74) is 43.1. The molecular weight excluding hydrogens is 1790 g/mol. The zero-order valence-corrected chi connectivity index (χ0v) is 81.8. The van der Waals surface area contributed by atoms with Gasteiger partial charge in [0.15, 0.2) is 0 Å². The monoisotopic (exact) mass is 1890 g/mol. The van der Waals surface area contributed by atoms with E-state index >= 15 is 0 Å². The Labute approximate surface area is 854 Å². The first kappa shape index (κ1) is 85.4. The summed E-state index contributed by atoms with van der Waals surface area (Å²) in [5, 5.41) is 10.4. The molecule has 4 aromatic heterocycles. The van der Waals surface area contributed by atoms with Crippen LogP contribution in [-0.2, 0) is 42.4 Å². The van der Waals surface area contributed by atoms with Gasteiger partial charge in [-0.15, -0.1) is 0 Å². The molecule has 147 heavy (non-hydrogen) atoms. The second-order valence-corrected chi connectivity index (χ2v) is 41.3. The Morgan fingerprint density at radius 3 is 0.537 bits per heavy atom. The molecule has 0 radical (unpaired) electrons. The Kier molecular flexibility index (Phi) is 19.7. The van der Waals surface area contributed by atoms with E-state index in [0.717, 1.165) is 101 Å². The molecule has 8 heteroatoms. The van der Waals surface area contributed by atoms with Gasteiger partial charge in [0, 0.05) is 113 Å². The Bertz CT molecular complexity index is 8480. The minimum absolute atomic E-state index is 0.600. The molecule has 30 rings (SSSR count). The molecule has 4 heterocycles. The summed E-state index contributed by atoms with van der Waals surface area (Å²) >= 11 is 0. The first-order chi connectivity index (χ1) is 72.9. The van der Waals surface area contributed by atoms with Crippen molar-refractivity contribution in [3.63, 3.8) is 0 Å². The molecular formula is C139H104N4O4. The van der Waals surface area contributed by atoms with Crippen molar-refractivity contribution >= 4 is 87.2 Å². The molecule has 0 saturated carbocycles. The molecule has 0 fully saturated rings. The summed E-state index contributed by atoms with van der Waals surface area (Å²) in [6, 6.07) is 165. The maximum atomic E-state index is 6.97. The van der Waals surface area contributed by atoms with Crippen LogP contribution in [0.25, 0.3) is 176 Å². The lowest BCUT2D eigenvalue weighted by Crippen LogP contribution is -2.26. The lowest BCUT2D eigenvalue weighted by Gasteiger charge is -2.32. The molecule has 0 N–H and O–H groups in total. The standard InChI is InChI=1S/C139H104N4O4/c1-15-47-119-97(33-1)98-34-2-16-48-120(98)139(119)127-83-91(89-57-65-101-99-35-3-13-45-117(99)137(125(101)81-89)121-69-61-93(144-77-29-25-73-140-129-49-17-5-37-105(129)106-38-6-18-50-130(106)140)85-113(121)114-86-94(62-70-122(114)137)145-78-30-26-74-141-131-51-19-7-39-107(131)108-40-8-20-52-132(108)141)59-67-103(127)104-68-60-92(84-128(104)139)90-58-66-102-100-36-4-14-46-118(100)138(126(102)82-90)123-71-63-95(146-79-31-27-75-142-133-53-21-9-41-109(133)110-42-10-22-54-134(110)142)87-115(123)116-88-96(64-72-124(116)138)147-80-32-28-76-143-135-55-23-11-43-111(135)112-44-12-24-56-136(112)143/h1-24,33-72,81-88H,25-32,73-80H2. The third kappa shape index (κ3) is 12.8. The average Bonchev–Trinajstić information content (AvgIpc) is 1.51. The van der Waals surface area contributed by atoms with Gasteiger partial charge in [0.05, 0.1) is 42.7 Å². The van der Waals surface area contributed by atoms with E-state index in [9.17, 15) is 0 Å². The van der Waals surface area contributed by atoms with Crippen LogP contribution in [0.15, 0.2) is 437 Å². The lowest BCUT2D eigenvalue weighted by molar-refractivity contribution is 0.303. The van der Waals surface area contributed by atoms with Gasteiger partial charge in [-0.2, -0.15) is 0 Å². The van der Waals surface area contributed by atoms with E-state index in [1.165, 1.54) is 243 Å². The van der Waals surface area contributed by atoms with Crippen LogP contribution in [0, 0.1) is 0 Å². The molecule has 0 bridgehead atoms. The number of hydrogen-bond donors (Lipinski definition) is 0. The highest BCUT2D eigenvalue weighted by molar-refractivity contribution is 6.12. The third-order valence-electron chi connectivity index (χ3n) is 33.9. The normalized spacial score (nSPS) is 13.8. The molecule has 0 atom stereocenters. The van der Waals surface area contributed by atoms with Crippen molar-refractivity contribution in [1.82, 2.24) is 18.3 Å². The van der Waals surface area contributed by atoms with E-state index in [1.54, 1.807) is 0 Å². The maximum Gasteiger partial charge on any atom is 0.119 e.